The van der Waals surface area contributed by atoms with Gasteiger partial charge in [-0.25, -0.2) is 0 Å². The molecule has 3 amide bonds. The van der Waals surface area contributed by atoms with Gasteiger partial charge in [-0.05, 0) is 37.8 Å². The zero-order valence-electron chi connectivity index (χ0n) is 19.0. The summed E-state index contributed by atoms with van der Waals surface area (Å²) in [6.45, 7) is 5.31. The quantitative estimate of drug-likeness (QED) is 0.544. The molecule has 6 atom stereocenters. The number of aliphatic hydroxyl groups is 1. The molecule has 1 fully saturated rings. The van der Waals surface area contributed by atoms with Crippen molar-refractivity contribution in [1.82, 2.24) is 10.2 Å². The summed E-state index contributed by atoms with van der Waals surface area (Å²) >= 11 is 6.31. The first-order valence-corrected chi connectivity index (χ1v) is 11.5. The van der Waals surface area contributed by atoms with Crippen LogP contribution in [0.3, 0.4) is 0 Å². The summed E-state index contributed by atoms with van der Waals surface area (Å²) in [5.74, 6) is -2.62. The lowest BCUT2D eigenvalue weighted by atomic mass is 9.68. The largest absolute Gasteiger partial charge is 0.394 e. The number of likely N-dealkylation sites (tertiary alicyclic amines) is 1. The van der Waals surface area contributed by atoms with Crippen molar-refractivity contribution in [3.05, 3.63) is 40.9 Å². The maximum atomic E-state index is 13.6. The first kappa shape index (κ1) is 24.3. The molecule has 0 bridgehead atoms. The summed E-state index contributed by atoms with van der Waals surface area (Å²) in [6, 6.07) is 3.92. The minimum atomic E-state index is -0.851. The van der Waals surface area contributed by atoms with Crippen LogP contribution in [0.25, 0.3) is 0 Å². The molecule has 0 unspecified atom stereocenters. The molecule has 0 saturated carbocycles. The molecular formula is C24H32ClN3O4. The van der Waals surface area contributed by atoms with Crippen molar-refractivity contribution >= 4 is 35.0 Å². The van der Waals surface area contributed by atoms with Crippen LogP contribution in [0.2, 0.25) is 5.02 Å². The smallest absolute Gasteiger partial charge is 0.247 e. The Balaban J connectivity index is 2.04. The summed E-state index contributed by atoms with van der Waals surface area (Å²) in [5.41, 5.74) is 1.30. The third-order valence-electron chi connectivity index (χ3n) is 6.70. The molecule has 1 heterocycles. The number of allylic oxidation sites excluding steroid dienone is 1. The van der Waals surface area contributed by atoms with E-state index in [-0.39, 0.29) is 30.2 Å². The van der Waals surface area contributed by atoms with Gasteiger partial charge in [0.2, 0.25) is 17.7 Å². The molecule has 1 aromatic rings. The van der Waals surface area contributed by atoms with E-state index in [1.165, 1.54) is 4.90 Å². The molecule has 1 aliphatic carbocycles. The first-order valence-electron chi connectivity index (χ1n) is 11.2. The summed E-state index contributed by atoms with van der Waals surface area (Å²) < 4.78 is 0. The predicted molar refractivity (Wildman–Crippen MR) is 124 cm³/mol. The van der Waals surface area contributed by atoms with E-state index >= 15 is 0 Å². The van der Waals surface area contributed by atoms with Crippen molar-refractivity contribution < 1.29 is 19.5 Å². The molecule has 174 valence electrons. The highest BCUT2D eigenvalue weighted by atomic mass is 35.5. The van der Waals surface area contributed by atoms with E-state index in [0.717, 1.165) is 18.4 Å². The van der Waals surface area contributed by atoms with Crippen molar-refractivity contribution in [2.45, 2.75) is 45.7 Å². The minimum absolute atomic E-state index is 0.0796. The number of hydrogen-bond donors (Lipinski definition) is 3. The number of hydrogen-bond acceptors (Lipinski definition) is 4. The summed E-state index contributed by atoms with van der Waals surface area (Å²) in [5, 5.41) is 15.8. The van der Waals surface area contributed by atoms with Gasteiger partial charge in [0.15, 0.2) is 0 Å². The Bertz CT molecular complexity index is 898. The Hall–Kier alpha value is -2.38. The Kier molecular flexibility index (Phi) is 7.62. The van der Waals surface area contributed by atoms with Gasteiger partial charge in [0.1, 0.15) is 6.04 Å². The van der Waals surface area contributed by atoms with Gasteiger partial charge < -0.3 is 20.6 Å². The van der Waals surface area contributed by atoms with Crippen LogP contribution in [0.4, 0.5) is 5.69 Å². The number of carbonyl (C=O) groups is 3. The van der Waals surface area contributed by atoms with Gasteiger partial charge >= 0.3 is 0 Å². The second-order valence-corrected chi connectivity index (χ2v) is 9.13. The van der Waals surface area contributed by atoms with Gasteiger partial charge in [-0.15, -0.1) is 0 Å². The molecule has 8 heteroatoms. The lowest BCUT2D eigenvalue weighted by molar-refractivity contribution is -0.142. The third kappa shape index (κ3) is 4.28. The van der Waals surface area contributed by atoms with Crippen molar-refractivity contribution in [3.63, 3.8) is 0 Å². The monoisotopic (exact) mass is 461 g/mol. The molecular weight excluding hydrogens is 430 g/mol. The molecule has 0 radical (unpaired) electrons. The molecule has 1 aliphatic heterocycles. The number of nitrogens with zero attached hydrogens (tertiary/aromatic N) is 1. The van der Waals surface area contributed by atoms with Crippen molar-refractivity contribution in [2.24, 2.45) is 23.7 Å². The average Bonchev–Trinajstić information content (AvgIpc) is 3.08. The summed E-state index contributed by atoms with van der Waals surface area (Å²) in [4.78, 5) is 41.5. The molecule has 7 nitrogen and oxygen atoms in total. The van der Waals surface area contributed by atoms with Crippen LogP contribution in [0.5, 0.6) is 0 Å². The number of benzene rings is 1. The van der Waals surface area contributed by atoms with E-state index in [1.54, 1.807) is 26.1 Å². The van der Waals surface area contributed by atoms with Crippen molar-refractivity contribution in [3.8, 4) is 0 Å². The summed E-state index contributed by atoms with van der Waals surface area (Å²) in [6.07, 6.45) is 5.54. The van der Waals surface area contributed by atoms with Crippen molar-refractivity contribution in [1.29, 1.82) is 0 Å². The molecule has 1 aromatic carbocycles. The third-order valence-corrected chi connectivity index (χ3v) is 7.01. The number of rotatable bonds is 7. The molecule has 0 aromatic heterocycles. The van der Waals surface area contributed by atoms with E-state index in [9.17, 15) is 19.5 Å². The highest BCUT2D eigenvalue weighted by Gasteiger charge is 2.57. The van der Waals surface area contributed by atoms with Crippen LogP contribution in [-0.4, -0.2) is 53.5 Å². The van der Waals surface area contributed by atoms with Crippen molar-refractivity contribution in [2.75, 3.05) is 19.0 Å². The SMILES string of the molecule is CCC[C@@H]1C=C[C@H]2[C@@H](C(=O)N([C@H](C)CO)[C@@H]2C(=O)Nc2c(C)cccc2Cl)[C@@H]1C(=O)NC. The number of amides is 3. The summed E-state index contributed by atoms with van der Waals surface area (Å²) in [7, 11) is 1.57. The number of para-hydroxylation sites is 1. The van der Waals surface area contributed by atoms with Gasteiger partial charge in [0.25, 0.3) is 0 Å². The fourth-order valence-electron chi connectivity index (χ4n) is 5.13. The van der Waals surface area contributed by atoms with Gasteiger partial charge in [0, 0.05) is 13.0 Å². The number of aliphatic hydroxyl groups excluding tert-OH is 1. The fraction of sp³-hybridized carbons (Fsp3) is 0.542. The minimum Gasteiger partial charge on any atom is -0.394 e. The first-order chi connectivity index (χ1) is 15.3. The normalized spacial score (nSPS) is 27.8. The molecule has 0 spiro atoms. The maximum Gasteiger partial charge on any atom is 0.247 e. The van der Waals surface area contributed by atoms with Crippen LogP contribution >= 0.6 is 11.6 Å². The number of aryl methyl sites for hydroxylation is 1. The number of anilines is 1. The Morgan fingerprint density at radius 2 is 1.97 bits per heavy atom. The number of nitrogens with one attached hydrogen (secondary N) is 2. The molecule has 32 heavy (non-hydrogen) atoms. The predicted octanol–water partition coefficient (Wildman–Crippen LogP) is 2.76. The maximum absolute atomic E-state index is 13.6. The number of fused-ring (bicyclic) bond motifs is 1. The number of carbonyl (C=O) groups excluding carboxylic acids is 3. The zero-order valence-corrected chi connectivity index (χ0v) is 19.7. The second kappa shape index (κ2) is 10.0. The van der Waals surface area contributed by atoms with Crippen LogP contribution in [0, 0.1) is 30.6 Å². The molecule has 3 N–H and O–H groups in total. The van der Waals surface area contributed by atoms with E-state index in [2.05, 4.69) is 10.6 Å². The van der Waals surface area contributed by atoms with Gasteiger partial charge in [0.05, 0.1) is 35.2 Å². The highest BCUT2D eigenvalue weighted by molar-refractivity contribution is 6.34. The van der Waals surface area contributed by atoms with Gasteiger partial charge in [-0.2, -0.15) is 0 Å². The van der Waals surface area contributed by atoms with Gasteiger partial charge in [-0.1, -0.05) is 49.2 Å². The van der Waals surface area contributed by atoms with E-state index in [1.807, 2.05) is 32.1 Å². The number of halogens is 1. The Labute approximate surface area is 194 Å². The second-order valence-electron chi connectivity index (χ2n) is 8.72. The van der Waals surface area contributed by atoms with Crippen LogP contribution < -0.4 is 10.6 Å². The van der Waals surface area contributed by atoms with Crippen LogP contribution in [0.1, 0.15) is 32.3 Å². The lowest BCUT2D eigenvalue weighted by Gasteiger charge is -2.34. The lowest BCUT2D eigenvalue weighted by Crippen LogP contribution is -2.49. The van der Waals surface area contributed by atoms with Gasteiger partial charge in [-0.3, -0.25) is 14.4 Å². The molecule has 1 saturated heterocycles. The average molecular weight is 462 g/mol. The topological polar surface area (TPSA) is 98.7 Å². The van der Waals surface area contributed by atoms with Crippen LogP contribution in [-0.2, 0) is 14.4 Å². The fourth-order valence-corrected chi connectivity index (χ4v) is 5.40. The van der Waals surface area contributed by atoms with E-state index in [0.29, 0.717) is 10.7 Å². The standard InChI is InChI=1S/C24H32ClN3O4/c1-5-7-15-10-11-16-19(18(15)22(30)26-4)24(32)28(14(3)12-29)21(16)23(31)27-20-13(2)8-6-9-17(20)25/h6,8-11,14-16,18-19,21,29H,5,7,12H2,1-4H3,(H,26,30)(H,27,31)/t14-,15-,16+,18-,19-,21+/m1/s1. The Morgan fingerprint density at radius 1 is 1.25 bits per heavy atom. The van der Waals surface area contributed by atoms with E-state index < -0.39 is 29.8 Å². The zero-order chi connectivity index (χ0) is 23.6. The van der Waals surface area contributed by atoms with E-state index in [4.69, 9.17) is 11.6 Å². The molecule has 2 aliphatic rings. The van der Waals surface area contributed by atoms with Crippen LogP contribution in [0.15, 0.2) is 30.4 Å². The molecule has 3 rings (SSSR count). The Morgan fingerprint density at radius 3 is 2.56 bits per heavy atom. The highest BCUT2D eigenvalue weighted by Crippen LogP contribution is 2.46.